The standard InChI is InChI=1S/C20H21NO5S/c1-20(11-12-27(24,25)14-20)21-18(22)13-26-19(23)17-10-6-5-9-16(17)15-7-3-2-4-8-15/h2-10H,11-14H2,1H3,(H,21,22)/t20-/m1/s1. The van der Waals surface area contributed by atoms with Gasteiger partial charge >= 0.3 is 5.97 Å². The molecule has 0 aliphatic carbocycles. The highest BCUT2D eigenvalue weighted by atomic mass is 32.2. The minimum atomic E-state index is -3.13. The Hall–Kier alpha value is -2.67. The molecule has 1 aliphatic rings. The number of nitrogens with one attached hydrogen (secondary N) is 1. The summed E-state index contributed by atoms with van der Waals surface area (Å²) >= 11 is 0. The van der Waals surface area contributed by atoms with Crippen molar-refractivity contribution in [3.8, 4) is 11.1 Å². The molecule has 0 unspecified atom stereocenters. The van der Waals surface area contributed by atoms with Crippen molar-refractivity contribution >= 4 is 21.7 Å². The van der Waals surface area contributed by atoms with Gasteiger partial charge in [-0.15, -0.1) is 0 Å². The normalized spacial score (nSPS) is 20.8. The van der Waals surface area contributed by atoms with Gasteiger partial charge in [-0.3, -0.25) is 4.79 Å². The first-order chi connectivity index (χ1) is 12.8. The summed E-state index contributed by atoms with van der Waals surface area (Å²) in [6, 6.07) is 16.4. The highest BCUT2D eigenvalue weighted by Crippen LogP contribution is 2.24. The fraction of sp³-hybridized carbons (Fsp3) is 0.300. The number of esters is 1. The molecule has 1 atom stereocenters. The molecular formula is C20H21NO5S. The SMILES string of the molecule is C[C@@]1(NC(=O)COC(=O)c2ccccc2-c2ccccc2)CCS(=O)(=O)C1. The van der Waals surface area contributed by atoms with Gasteiger partial charge in [0.1, 0.15) is 0 Å². The summed E-state index contributed by atoms with van der Waals surface area (Å²) in [5, 5.41) is 2.67. The maximum atomic E-state index is 12.5. The Balaban J connectivity index is 1.64. The van der Waals surface area contributed by atoms with E-state index in [9.17, 15) is 18.0 Å². The van der Waals surface area contributed by atoms with Crippen molar-refractivity contribution in [3.05, 3.63) is 60.2 Å². The van der Waals surface area contributed by atoms with E-state index in [2.05, 4.69) is 5.32 Å². The number of carbonyl (C=O) groups excluding carboxylic acids is 2. The van der Waals surface area contributed by atoms with Crippen LogP contribution in [0.3, 0.4) is 0 Å². The summed E-state index contributed by atoms with van der Waals surface area (Å²) < 4.78 is 28.4. The predicted octanol–water partition coefficient (Wildman–Crippen LogP) is 2.20. The molecule has 0 saturated carbocycles. The van der Waals surface area contributed by atoms with Crippen LogP contribution in [0.5, 0.6) is 0 Å². The second-order valence-electron chi connectivity index (χ2n) is 6.94. The maximum absolute atomic E-state index is 12.5. The second kappa shape index (κ2) is 7.52. The molecule has 6 nitrogen and oxygen atoms in total. The number of benzene rings is 2. The van der Waals surface area contributed by atoms with E-state index in [-0.39, 0.29) is 11.5 Å². The Bertz CT molecular complexity index is 955. The summed E-state index contributed by atoms with van der Waals surface area (Å²) in [5.41, 5.74) is 1.14. The average molecular weight is 387 g/mol. The first-order valence-electron chi connectivity index (χ1n) is 8.61. The molecule has 1 aliphatic heterocycles. The predicted molar refractivity (Wildman–Crippen MR) is 102 cm³/mol. The molecule has 0 aromatic heterocycles. The van der Waals surface area contributed by atoms with Crippen LogP contribution in [0, 0.1) is 0 Å². The molecule has 0 spiro atoms. The van der Waals surface area contributed by atoms with Gasteiger partial charge in [0.2, 0.25) is 0 Å². The Labute approximate surface area is 158 Å². The molecule has 142 valence electrons. The van der Waals surface area contributed by atoms with Gasteiger partial charge in [-0.1, -0.05) is 48.5 Å². The third-order valence-electron chi connectivity index (χ3n) is 4.51. The van der Waals surface area contributed by atoms with Gasteiger partial charge in [0.25, 0.3) is 5.91 Å². The van der Waals surface area contributed by atoms with E-state index in [0.717, 1.165) is 11.1 Å². The number of rotatable bonds is 5. The van der Waals surface area contributed by atoms with Crippen LogP contribution in [0.25, 0.3) is 11.1 Å². The molecule has 1 N–H and O–H groups in total. The first-order valence-corrected chi connectivity index (χ1v) is 10.4. The van der Waals surface area contributed by atoms with Crippen molar-refractivity contribution in [2.24, 2.45) is 0 Å². The summed E-state index contributed by atoms with van der Waals surface area (Å²) in [5.74, 6) is -1.17. The lowest BCUT2D eigenvalue weighted by Gasteiger charge is -2.23. The molecule has 7 heteroatoms. The first kappa shape index (κ1) is 19.1. The molecule has 1 amide bonds. The fourth-order valence-electron chi connectivity index (χ4n) is 3.22. The quantitative estimate of drug-likeness (QED) is 0.795. The fourth-order valence-corrected chi connectivity index (χ4v) is 5.31. The van der Waals surface area contributed by atoms with Crippen molar-refractivity contribution in [2.75, 3.05) is 18.1 Å². The van der Waals surface area contributed by atoms with Crippen LogP contribution in [0.4, 0.5) is 0 Å². The number of ether oxygens (including phenoxy) is 1. The van der Waals surface area contributed by atoms with Crippen LogP contribution in [0.1, 0.15) is 23.7 Å². The lowest BCUT2D eigenvalue weighted by atomic mass is 10.00. The summed E-state index contributed by atoms with van der Waals surface area (Å²) in [4.78, 5) is 24.6. The van der Waals surface area contributed by atoms with E-state index >= 15 is 0 Å². The van der Waals surface area contributed by atoms with Gasteiger partial charge in [-0.05, 0) is 30.5 Å². The Morgan fingerprint density at radius 2 is 1.74 bits per heavy atom. The zero-order valence-corrected chi connectivity index (χ0v) is 15.8. The van der Waals surface area contributed by atoms with Crippen molar-refractivity contribution in [1.29, 1.82) is 0 Å². The molecule has 0 bridgehead atoms. The minimum Gasteiger partial charge on any atom is -0.452 e. The minimum absolute atomic E-state index is 0.0496. The van der Waals surface area contributed by atoms with E-state index in [1.54, 1.807) is 19.1 Å². The maximum Gasteiger partial charge on any atom is 0.339 e. The van der Waals surface area contributed by atoms with Gasteiger partial charge in [-0.2, -0.15) is 0 Å². The van der Waals surface area contributed by atoms with E-state index in [1.165, 1.54) is 0 Å². The highest BCUT2D eigenvalue weighted by Gasteiger charge is 2.39. The molecule has 1 saturated heterocycles. The van der Waals surface area contributed by atoms with Gasteiger partial charge in [0, 0.05) is 0 Å². The van der Waals surface area contributed by atoms with Gasteiger partial charge in [0.15, 0.2) is 16.4 Å². The summed E-state index contributed by atoms with van der Waals surface area (Å²) in [6.45, 7) is 1.22. The van der Waals surface area contributed by atoms with Crippen LogP contribution in [-0.2, 0) is 19.4 Å². The molecule has 3 rings (SSSR count). The molecule has 2 aromatic carbocycles. The molecule has 1 fully saturated rings. The monoisotopic (exact) mass is 387 g/mol. The van der Waals surface area contributed by atoms with E-state index in [4.69, 9.17) is 4.74 Å². The third kappa shape index (κ3) is 4.74. The van der Waals surface area contributed by atoms with Crippen molar-refractivity contribution in [1.82, 2.24) is 5.32 Å². The van der Waals surface area contributed by atoms with Gasteiger partial charge in [-0.25, -0.2) is 13.2 Å². The van der Waals surface area contributed by atoms with Crippen LogP contribution >= 0.6 is 0 Å². The molecule has 1 heterocycles. The zero-order chi connectivity index (χ0) is 19.5. The van der Waals surface area contributed by atoms with Gasteiger partial charge in [0.05, 0.1) is 22.6 Å². The van der Waals surface area contributed by atoms with Crippen LogP contribution in [0.2, 0.25) is 0 Å². The number of amides is 1. The Kier molecular flexibility index (Phi) is 5.32. The second-order valence-corrected chi connectivity index (χ2v) is 9.12. The van der Waals surface area contributed by atoms with Crippen LogP contribution < -0.4 is 5.32 Å². The van der Waals surface area contributed by atoms with E-state index in [1.807, 2.05) is 42.5 Å². The number of sulfone groups is 1. The number of carbonyl (C=O) groups is 2. The molecule has 27 heavy (non-hydrogen) atoms. The van der Waals surface area contributed by atoms with Crippen molar-refractivity contribution < 1.29 is 22.7 Å². The zero-order valence-electron chi connectivity index (χ0n) is 15.0. The number of hydrogen-bond donors (Lipinski definition) is 1. The van der Waals surface area contributed by atoms with E-state index in [0.29, 0.717) is 12.0 Å². The number of hydrogen-bond acceptors (Lipinski definition) is 5. The van der Waals surface area contributed by atoms with E-state index < -0.39 is 33.9 Å². The lowest BCUT2D eigenvalue weighted by molar-refractivity contribution is -0.125. The van der Waals surface area contributed by atoms with Crippen molar-refractivity contribution in [3.63, 3.8) is 0 Å². The van der Waals surface area contributed by atoms with Crippen LogP contribution in [-0.4, -0.2) is 43.9 Å². The average Bonchev–Trinajstić information content (AvgIpc) is 2.93. The Morgan fingerprint density at radius 1 is 1.07 bits per heavy atom. The highest BCUT2D eigenvalue weighted by molar-refractivity contribution is 7.91. The lowest BCUT2D eigenvalue weighted by Crippen LogP contribution is -2.48. The Morgan fingerprint density at radius 3 is 2.41 bits per heavy atom. The topological polar surface area (TPSA) is 89.5 Å². The molecular weight excluding hydrogens is 366 g/mol. The summed E-state index contributed by atoms with van der Waals surface area (Å²) in [6.07, 6.45) is 0.353. The smallest absolute Gasteiger partial charge is 0.339 e. The third-order valence-corrected chi connectivity index (χ3v) is 6.41. The van der Waals surface area contributed by atoms with Gasteiger partial charge < -0.3 is 10.1 Å². The summed E-state index contributed by atoms with van der Waals surface area (Å²) in [7, 11) is -3.13. The van der Waals surface area contributed by atoms with Crippen molar-refractivity contribution in [2.45, 2.75) is 18.9 Å². The van der Waals surface area contributed by atoms with Crippen LogP contribution in [0.15, 0.2) is 54.6 Å². The molecule has 2 aromatic rings. The molecule has 0 radical (unpaired) electrons. The largest absolute Gasteiger partial charge is 0.452 e.